The Kier molecular flexibility index (Phi) is 81.3. The predicted octanol–water partition coefficient (Wildman–Crippen LogP) is 28.8. The standard InChI is InChI=1S/C87H169NO5/c1-3-5-7-9-11-13-15-17-19-21-22-44-48-51-55-59-63-67-71-75-79-85(90)84(83-89)88-86(91)80-76-72-68-64-60-56-52-49-45-42-40-38-36-34-32-30-28-26-24-23-25-27-29-31-33-35-37-39-41-43-46-50-54-58-62-66-70-74-78-82-93-87(92)81-77-73-69-65-61-57-53-47-20-18-16-14-12-10-8-6-4-2/h12,14,18,20,84-85,89-90H,3-11,13,15-17,19,21-83H2,1-2H3,(H,88,91)/b14-12-,20-18-. The number of aliphatic hydroxyl groups is 2. The molecule has 0 aromatic rings. The molecule has 0 saturated carbocycles. The Hall–Kier alpha value is -1.66. The molecule has 0 aromatic heterocycles. The topological polar surface area (TPSA) is 95.9 Å². The molecular weight excluding hydrogens is 1140 g/mol. The number of carbonyl (C=O) groups excluding carboxylic acids is 2. The first-order valence-corrected chi connectivity index (χ1v) is 43.1. The van der Waals surface area contributed by atoms with E-state index >= 15 is 0 Å². The lowest BCUT2D eigenvalue weighted by molar-refractivity contribution is -0.143. The van der Waals surface area contributed by atoms with Gasteiger partial charge in [-0.3, -0.25) is 9.59 Å². The molecule has 0 aliphatic rings. The van der Waals surface area contributed by atoms with Crippen LogP contribution in [0, 0.1) is 0 Å². The molecule has 0 bridgehead atoms. The zero-order chi connectivity index (χ0) is 67.0. The number of nitrogens with one attached hydrogen (secondary N) is 1. The smallest absolute Gasteiger partial charge is 0.305 e. The third-order valence-electron chi connectivity index (χ3n) is 20.5. The molecule has 0 aliphatic carbocycles. The molecule has 0 spiro atoms. The van der Waals surface area contributed by atoms with Crippen LogP contribution in [0.1, 0.15) is 495 Å². The van der Waals surface area contributed by atoms with Gasteiger partial charge in [0.1, 0.15) is 0 Å². The van der Waals surface area contributed by atoms with Crippen molar-refractivity contribution in [2.24, 2.45) is 0 Å². The van der Waals surface area contributed by atoms with Crippen LogP contribution >= 0.6 is 0 Å². The fraction of sp³-hybridized carbons (Fsp3) is 0.931. The largest absolute Gasteiger partial charge is 0.466 e. The zero-order valence-electron chi connectivity index (χ0n) is 63.5. The van der Waals surface area contributed by atoms with Crippen LogP contribution < -0.4 is 5.32 Å². The summed E-state index contributed by atoms with van der Waals surface area (Å²) >= 11 is 0. The van der Waals surface area contributed by atoms with E-state index in [2.05, 4.69) is 43.5 Å². The van der Waals surface area contributed by atoms with Gasteiger partial charge in [-0.2, -0.15) is 0 Å². The summed E-state index contributed by atoms with van der Waals surface area (Å²) in [6.07, 6.45) is 107. The number of esters is 1. The molecule has 552 valence electrons. The monoisotopic (exact) mass is 1310 g/mol. The van der Waals surface area contributed by atoms with Gasteiger partial charge in [0.05, 0.1) is 25.4 Å². The first-order chi connectivity index (χ1) is 46.0. The second kappa shape index (κ2) is 82.8. The molecule has 1 amide bonds. The summed E-state index contributed by atoms with van der Waals surface area (Å²) in [6, 6.07) is -0.537. The maximum absolute atomic E-state index is 12.6. The van der Waals surface area contributed by atoms with Gasteiger partial charge in [0, 0.05) is 12.8 Å². The van der Waals surface area contributed by atoms with E-state index in [1.54, 1.807) is 0 Å². The highest BCUT2D eigenvalue weighted by Gasteiger charge is 2.20. The Bertz CT molecular complexity index is 1460. The van der Waals surface area contributed by atoms with Gasteiger partial charge in [-0.1, -0.05) is 449 Å². The van der Waals surface area contributed by atoms with Crippen molar-refractivity contribution >= 4 is 11.9 Å². The molecule has 6 heteroatoms. The van der Waals surface area contributed by atoms with E-state index < -0.39 is 12.1 Å². The Morgan fingerprint density at radius 1 is 0.301 bits per heavy atom. The summed E-state index contributed by atoms with van der Waals surface area (Å²) in [5, 5.41) is 23.5. The molecule has 0 aromatic carbocycles. The number of hydrogen-bond donors (Lipinski definition) is 3. The number of carbonyl (C=O) groups is 2. The minimum absolute atomic E-state index is 0.0173. The van der Waals surface area contributed by atoms with Crippen LogP contribution in [0.15, 0.2) is 24.3 Å². The molecule has 3 N–H and O–H groups in total. The second-order valence-corrected chi connectivity index (χ2v) is 29.9. The van der Waals surface area contributed by atoms with Crippen molar-refractivity contribution in [3.8, 4) is 0 Å². The van der Waals surface area contributed by atoms with Crippen LogP contribution in [0.2, 0.25) is 0 Å². The maximum Gasteiger partial charge on any atom is 0.305 e. The lowest BCUT2D eigenvalue weighted by Crippen LogP contribution is -2.45. The van der Waals surface area contributed by atoms with E-state index in [1.807, 2.05) is 0 Å². The molecule has 0 heterocycles. The SMILES string of the molecule is CCCCC/C=C\C/C=C\CCCCCCCCCC(=O)OCCCCCCCCCCCCCCCCCCCCCCCCCCCCCCCCCCCCCCCCCC(=O)NC(CO)C(O)CCCCCCCCCCCCCCCCCCCCCC. The molecule has 0 aliphatic heterocycles. The second-order valence-electron chi connectivity index (χ2n) is 29.9. The summed E-state index contributed by atoms with van der Waals surface area (Å²) < 4.78 is 5.51. The van der Waals surface area contributed by atoms with Gasteiger partial charge >= 0.3 is 5.97 Å². The van der Waals surface area contributed by atoms with Crippen molar-refractivity contribution < 1.29 is 24.5 Å². The number of aliphatic hydroxyl groups excluding tert-OH is 2. The van der Waals surface area contributed by atoms with Gasteiger partial charge in [-0.05, 0) is 57.8 Å². The predicted molar refractivity (Wildman–Crippen MR) is 412 cm³/mol. The van der Waals surface area contributed by atoms with Crippen LogP contribution in [-0.4, -0.2) is 47.4 Å². The zero-order valence-corrected chi connectivity index (χ0v) is 63.5. The van der Waals surface area contributed by atoms with Gasteiger partial charge in [0.15, 0.2) is 0 Å². The summed E-state index contributed by atoms with van der Waals surface area (Å²) in [4.78, 5) is 24.7. The van der Waals surface area contributed by atoms with E-state index in [-0.39, 0.29) is 18.5 Å². The Balaban J connectivity index is 3.29. The van der Waals surface area contributed by atoms with E-state index in [9.17, 15) is 19.8 Å². The highest BCUT2D eigenvalue weighted by atomic mass is 16.5. The summed E-state index contributed by atoms with van der Waals surface area (Å²) in [7, 11) is 0. The van der Waals surface area contributed by atoms with Gasteiger partial charge in [0.2, 0.25) is 5.91 Å². The number of allylic oxidation sites excluding steroid dienone is 4. The van der Waals surface area contributed by atoms with Crippen LogP contribution in [0.4, 0.5) is 0 Å². The number of hydrogen-bond acceptors (Lipinski definition) is 5. The molecule has 0 rings (SSSR count). The van der Waals surface area contributed by atoms with Gasteiger partial charge in [-0.25, -0.2) is 0 Å². The minimum Gasteiger partial charge on any atom is -0.466 e. The third-order valence-corrected chi connectivity index (χ3v) is 20.5. The average molecular weight is 1310 g/mol. The average Bonchev–Trinajstić information content (AvgIpc) is 3.78. The summed E-state index contributed by atoms with van der Waals surface area (Å²) in [6.45, 7) is 4.98. The van der Waals surface area contributed by atoms with Gasteiger partial charge < -0.3 is 20.3 Å². The van der Waals surface area contributed by atoms with Crippen molar-refractivity contribution in [3.63, 3.8) is 0 Å². The van der Waals surface area contributed by atoms with Crippen LogP contribution in [0.25, 0.3) is 0 Å². The van der Waals surface area contributed by atoms with Crippen molar-refractivity contribution in [1.29, 1.82) is 0 Å². The Labute approximate surface area is 583 Å². The van der Waals surface area contributed by atoms with E-state index in [4.69, 9.17) is 4.74 Å². The molecular formula is C87H169NO5. The summed E-state index contributed by atoms with van der Waals surface area (Å²) in [5.74, 6) is -0.00592. The lowest BCUT2D eigenvalue weighted by atomic mass is 10.0. The fourth-order valence-corrected chi connectivity index (χ4v) is 14.0. The van der Waals surface area contributed by atoms with Crippen molar-refractivity contribution in [1.82, 2.24) is 5.32 Å². The molecule has 0 radical (unpaired) electrons. The number of unbranched alkanes of at least 4 members (excludes halogenated alkanes) is 67. The minimum atomic E-state index is -0.661. The van der Waals surface area contributed by atoms with Crippen molar-refractivity contribution in [2.75, 3.05) is 13.2 Å². The first kappa shape index (κ1) is 91.3. The normalized spacial score (nSPS) is 12.5. The fourth-order valence-electron chi connectivity index (χ4n) is 14.0. The van der Waals surface area contributed by atoms with Gasteiger partial charge in [0.25, 0.3) is 0 Å². The first-order valence-electron chi connectivity index (χ1n) is 43.1. The molecule has 6 nitrogen and oxygen atoms in total. The number of ether oxygens (including phenoxy) is 1. The van der Waals surface area contributed by atoms with E-state index in [0.29, 0.717) is 25.9 Å². The van der Waals surface area contributed by atoms with Crippen molar-refractivity contribution in [2.45, 2.75) is 508 Å². The van der Waals surface area contributed by atoms with E-state index in [0.717, 1.165) is 51.4 Å². The van der Waals surface area contributed by atoms with Gasteiger partial charge in [-0.15, -0.1) is 0 Å². The molecule has 0 saturated heterocycles. The quantitative estimate of drug-likeness (QED) is 0.0320. The van der Waals surface area contributed by atoms with Crippen LogP contribution in [-0.2, 0) is 14.3 Å². The highest BCUT2D eigenvalue weighted by Crippen LogP contribution is 2.21. The molecule has 93 heavy (non-hydrogen) atoms. The number of amides is 1. The highest BCUT2D eigenvalue weighted by molar-refractivity contribution is 5.76. The van der Waals surface area contributed by atoms with Crippen molar-refractivity contribution in [3.05, 3.63) is 24.3 Å². The Morgan fingerprint density at radius 2 is 0.538 bits per heavy atom. The molecule has 0 fully saturated rings. The van der Waals surface area contributed by atoms with E-state index in [1.165, 1.54) is 411 Å². The Morgan fingerprint density at radius 3 is 0.839 bits per heavy atom. The maximum atomic E-state index is 12.6. The molecule has 2 unspecified atom stereocenters. The third kappa shape index (κ3) is 79.2. The number of rotatable bonds is 82. The van der Waals surface area contributed by atoms with Crippen LogP contribution in [0.3, 0.4) is 0 Å². The molecule has 2 atom stereocenters. The summed E-state index contributed by atoms with van der Waals surface area (Å²) in [5.41, 5.74) is 0. The lowest BCUT2D eigenvalue weighted by Gasteiger charge is -2.22. The van der Waals surface area contributed by atoms with Crippen LogP contribution in [0.5, 0.6) is 0 Å².